The monoisotopic (exact) mass is 255 g/mol. The molecule has 7 nitrogen and oxygen atoms in total. The van der Waals surface area contributed by atoms with E-state index in [1.54, 1.807) is 0 Å². The molecule has 1 fully saturated rings. The molecule has 1 aliphatic heterocycles. The lowest BCUT2D eigenvalue weighted by Gasteiger charge is -2.30. The van der Waals surface area contributed by atoms with E-state index in [2.05, 4.69) is 15.0 Å². The third kappa shape index (κ3) is 4.08. The molecule has 18 heavy (non-hydrogen) atoms. The molecule has 100 valence electrons. The Bertz CT molecular complexity index is 360. The quantitative estimate of drug-likeness (QED) is 0.792. The van der Waals surface area contributed by atoms with Crippen LogP contribution in [0.3, 0.4) is 0 Å². The van der Waals surface area contributed by atoms with Crippen molar-refractivity contribution in [2.75, 3.05) is 19.7 Å². The molecule has 1 aliphatic rings. The van der Waals surface area contributed by atoms with Gasteiger partial charge in [0.05, 0.1) is 25.7 Å². The number of nitrogens with zero attached hydrogens (tertiary/aromatic N) is 3. The zero-order valence-electron chi connectivity index (χ0n) is 10.1. The Morgan fingerprint density at radius 2 is 2.33 bits per heavy atom. The van der Waals surface area contributed by atoms with Crippen LogP contribution in [0.2, 0.25) is 0 Å². The number of aliphatic carboxylic acids is 1. The normalized spacial score (nSPS) is 18.0. The van der Waals surface area contributed by atoms with E-state index in [0.717, 1.165) is 25.9 Å². The van der Waals surface area contributed by atoms with Gasteiger partial charge in [0.1, 0.15) is 0 Å². The first-order valence-electron chi connectivity index (χ1n) is 6.05. The van der Waals surface area contributed by atoms with E-state index in [4.69, 9.17) is 14.4 Å². The SMILES string of the molecule is O=C(O)CCOC1CCN(Cc2ncno2)CC1. The number of rotatable bonds is 6. The standard InChI is InChI=1S/C11H17N3O4/c15-11(16)3-6-17-9-1-4-14(5-2-9)7-10-12-8-13-18-10/h8-9H,1-7H2,(H,15,16). The van der Waals surface area contributed by atoms with Crippen molar-refractivity contribution in [3.63, 3.8) is 0 Å². The van der Waals surface area contributed by atoms with E-state index in [1.165, 1.54) is 6.33 Å². The van der Waals surface area contributed by atoms with Crippen LogP contribution in [0.4, 0.5) is 0 Å². The van der Waals surface area contributed by atoms with Crippen LogP contribution in [0.25, 0.3) is 0 Å². The molecule has 0 amide bonds. The molecular formula is C11H17N3O4. The van der Waals surface area contributed by atoms with Crippen molar-refractivity contribution in [1.29, 1.82) is 0 Å². The molecule has 1 aromatic rings. The van der Waals surface area contributed by atoms with Gasteiger partial charge in [0.2, 0.25) is 5.89 Å². The minimum absolute atomic E-state index is 0.0716. The molecule has 1 saturated heterocycles. The second-order valence-corrected chi connectivity index (χ2v) is 4.33. The van der Waals surface area contributed by atoms with Crippen molar-refractivity contribution in [3.8, 4) is 0 Å². The van der Waals surface area contributed by atoms with Crippen molar-refractivity contribution in [2.45, 2.75) is 31.9 Å². The average molecular weight is 255 g/mol. The van der Waals surface area contributed by atoms with Crippen LogP contribution in [0.15, 0.2) is 10.9 Å². The van der Waals surface area contributed by atoms with Crippen LogP contribution in [-0.2, 0) is 16.1 Å². The lowest BCUT2D eigenvalue weighted by atomic mass is 10.1. The summed E-state index contributed by atoms with van der Waals surface area (Å²) in [7, 11) is 0. The number of hydrogen-bond acceptors (Lipinski definition) is 6. The summed E-state index contributed by atoms with van der Waals surface area (Å²) in [4.78, 5) is 16.6. The first-order chi connectivity index (χ1) is 8.74. The summed E-state index contributed by atoms with van der Waals surface area (Å²) in [5.74, 6) is -0.191. The van der Waals surface area contributed by atoms with Gasteiger partial charge in [-0.1, -0.05) is 5.16 Å². The van der Waals surface area contributed by atoms with E-state index < -0.39 is 5.97 Å². The lowest BCUT2D eigenvalue weighted by Crippen LogP contribution is -2.36. The maximum atomic E-state index is 10.4. The zero-order valence-corrected chi connectivity index (χ0v) is 10.1. The van der Waals surface area contributed by atoms with Crippen molar-refractivity contribution >= 4 is 5.97 Å². The highest BCUT2D eigenvalue weighted by Crippen LogP contribution is 2.15. The number of carbonyl (C=O) groups is 1. The topological polar surface area (TPSA) is 88.7 Å². The molecule has 0 radical (unpaired) electrons. The number of aromatic nitrogens is 2. The summed E-state index contributed by atoms with van der Waals surface area (Å²) in [5, 5.41) is 12.1. The Morgan fingerprint density at radius 3 is 2.94 bits per heavy atom. The molecule has 2 rings (SSSR count). The fourth-order valence-electron chi connectivity index (χ4n) is 2.00. The summed E-state index contributed by atoms with van der Waals surface area (Å²) in [6, 6.07) is 0. The first-order valence-corrected chi connectivity index (χ1v) is 6.05. The van der Waals surface area contributed by atoms with Crippen LogP contribution >= 0.6 is 0 Å². The second kappa shape index (κ2) is 6.46. The number of piperidine rings is 1. The Morgan fingerprint density at radius 1 is 1.56 bits per heavy atom. The summed E-state index contributed by atoms with van der Waals surface area (Å²) < 4.78 is 10.5. The maximum absolute atomic E-state index is 10.4. The van der Waals surface area contributed by atoms with E-state index in [9.17, 15) is 4.79 Å². The summed E-state index contributed by atoms with van der Waals surface area (Å²) in [6.45, 7) is 2.77. The van der Waals surface area contributed by atoms with Crippen LogP contribution in [0, 0.1) is 0 Å². The number of hydrogen-bond donors (Lipinski definition) is 1. The van der Waals surface area contributed by atoms with Crippen LogP contribution in [-0.4, -0.2) is 51.9 Å². The highest BCUT2D eigenvalue weighted by atomic mass is 16.5. The van der Waals surface area contributed by atoms with Crippen molar-refractivity contribution in [2.24, 2.45) is 0 Å². The molecule has 2 heterocycles. The number of ether oxygens (including phenoxy) is 1. The van der Waals surface area contributed by atoms with Crippen molar-refractivity contribution < 1.29 is 19.2 Å². The Kier molecular flexibility index (Phi) is 4.66. The number of carboxylic acid groups (broad SMARTS) is 1. The third-order valence-electron chi connectivity index (χ3n) is 2.97. The number of carboxylic acids is 1. The summed E-state index contributed by atoms with van der Waals surface area (Å²) in [5.41, 5.74) is 0. The summed E-state index contributed by atoms with van der Waals surface area (Å²) >= 11 is 0. The third-order valence-corrected chi connectivity index (χ3v) is 2.97. The van der Waals surface area contributed by atoms with Crippen molar-refractivity contribution in [3.05, 3.63) is 12.2 Å². The molecule has 1 aromatic heterocycles. The second-order valence-electron chi connectivity index (χ2n) is 4.33. The largest absolute Gasteiger partial charge is 0.481 e. The minimum Gasteiger partial charge on any atom is -0.481 e. The minimum atomic E-state index is -0.816. The highest BCUT2D eigenvalue weighted by Gasteiger charge is 2.20. The van der Waals surface area contributed by atoms with Gasteiger partial charge in [0, 0.05) is 13.1 Å². The predicted molar refractivity (Wildman–Crippen MR) is 60.8 cm³/mol. The van der Waals surface area contributed by atoms with Gasteiger partial charge >= 0.3 is 5.97 Å². The molecule has 0 aliphatic carbocycles. The fourth-order valence-corrected chi connectivity index (χ4v) is 2.00. The smallest absolute Gasteiger partial charge is 0.305 e. The van der Waals surface area contributed by atoms with E-state index in [-0.39, 0.29) is 12.5 Å². The lowest BCUT2D eigenvalue weighted by molar-refractivity contribution is -0.138. The molecule has 0 atom stereocenters. The molecule has 1 N–H and O–H groups in total. The van der Waals surface area contributed by atoms with Gasteiger partial charge in [0.25, 0.3) is 0 Å². The Balaban J connectivity index is 1.63. The van der Waals surface area contributed by atoms with Gasteiger partial charge in [-0.15, -0.1) is 0 Å². The molecule has 0 unspecified atom stereocenters. The van der Waals surface area contributed by atoms with Gasteiger partial charge in [-0.25, -0.2) is 0 Å². The molecule has 7 heteroatoms. The average Bonchev–Trinajstić information content (AvgIpc) is 2.84. The molecular weight excluding hydrogens is 238 g/mol. The van der Waals surface area contributed by atoms with Crippen LogP contribution < -0.4 is 0 Å². The zero-order chi connectivity index (χ0) is 12.8. The van der Waals surface area contributed by atoms with Gasteiger partial charge < -0.3 is 14.4 Å². The first kappa shape index (κ1) is 13.0. The van der Waals surface area contributed by atoms with Crippen LogP contribution in [0.1, 0.15) is 25.2 Å². The predicted octanol–water partition coefficient (Wildman–Crippen LogP) is 0.525. The molecule has 0 saturated carbocycles. The van der Waals surface area contributed by atoms with Crippen molar-refractivity contribution in [1.82, 2.24) is 15.0 Å². The molecule has 0 spiro atoms. The Hall–Kier alpha value is -1.47. The van der Waals surface area contributed by atoms with Gasteiger partial charge in [-0.3, -0.25) is 9.69 Å². The Labute approximate surface area is 105 Å². The van der Waals surface area contributed by atoms with Gasteiger partial charge in [-0.2, -0.15) is 4.98 Å². The van der Waals surface area contributed by atoms with Crippen LogP contribution in [0.5, 0.6) is 0 Å². The highest BCUT2D eigenvalue weighted by molar-refractivity contribution is 5.66. The van der Waals surface area contributed by atoms with Gasteiger partial charge in [0.15, 0.2) is 6.33 Å². The van der Waals surface area contributed by atoms with E-state index >= 15 is 0 Å². The van der Waals surface area contributed by atoms with Gasteiger partial charge in [-0.05, 0) is 12.8 Å². The van der Waals surface area contributed by atoms with E-state index in [0.29, 0.717) is 19.0 Å². The summed E-state index contributed by atoms with van der Waals surface area (Å²) in [6.07, 6.45) is 3.46. The number of likely N-dealkylation sites (tertiary alicyclic amines) is 1. The fraction of sp³-hybridized carbons (Fsp3) is 0.727. The van der Waals surface area contributed by atoms with E-state index in [1.807, 2.05) is 0 Å². The molecule has 0 bridgehead atoms. The molecule has 0 aromatic carbocycles. The maximum Gasteiger partial charge on any atom is 0.305 e.